The minimum absolute atomic E-state index is 0.0357. The minimum atomic E-state index is -0.268. The molecule has 0 bridgehead atoms. The first-order valence-electron chi connectivity index (χ1n) is 6.92. The molecule has 21 heavy (non-hydrogen) atoms. The van der Waals surface area contributed by atoms with Crippen LogP contribution in [0.4, 0.5) is 0 Å². The Bertz CT molecular complexity index is 592. The molecule has 1 atom stereocenters. The fraction of sp³-hybridized carbons (Fsp3) is 0.250. The summed E-state index contributed by atoms with van der Waals surface area (Å²) in [7, 11) is 0. The van der Waals surface area contributed by atoms with Crippen LogP contribution in [0.5, 0.6) is 0 Å². The van der Waals surface area contributed by atoms with Crippen molar-refractivity contribution in [2.24, 2.45) is 0 Å². The van der Waals surface area contributed by atoms with Crippen molar-refractivity contribution in [3.05, 3.63) is 60.9 Å². The van der Waals surface area contributed by atoms with E-state index in [-0.39, 0.29) is 11.9 Å². The molecule has 1 aromatic heterocycles. The van der Waals surface area contributed by atoms with E-state index >= 15 is 0 Å². The number of rotatable bonds is 7. The largest absolute Gasteiger partial charge is 0.351 e. The molecular weight excluding hydrogens is 264 g/mol. The second kappa shape index (κ2) is 7.40. The highest BCUT2D eigenvalue weighted by Gasteiger charge is 2.12. The first kappa shape index (κ1) is 15.0. The zero-order valence-corrected chi connectivity index (χ0v) is 12.1. The van der Waals surface area contributed by atoms with Gasteiger partial charge < -0.3 is 10.6 Å². The lowest BCUT2D eigenvalue weighted by molar-refractivity contribution is -0.122. The molecule has 0 aliphatic heterocycles. The maximum Gasteiger partial charge on any atom is 0.237 e. The average Bonchev–Trinajstić information content (AvgIpc) is 3.04. The Kier molecular flexibility index (Phi) is 5.29. The van der Waals surface area contributed by atoms with Gasteiger partial charge in [0.1, 0.15) is 0 Å². The Morgan fingerprint density at radius 3 is 2.95 bits per heavy atom. The maximum absolute atomic E-state index is 11.8. The van der Waals surface area contributed by atoms with Gasteiger partial charge in [0.2, 0.25) is 5.91 Å². The number of carbonyl (C=O) groups is 1. The number of benzene rings is 1. The number of hydrogen-bond donors (Lipinski definition) is 2. The number of hydrogen-bond acceptors (Lipinski definition) is 3. The van der Waals surface area contributed by atoms with Crippen molar-refractivity contribution in [3.63, 3.8) is 0 Å². The van der Waals surface area contributed by atoms with Gasteiger partial charge in [0.15, 0.2) is 0 Å². The van der Waals surface area contributed by atoms with Gasteiger partial charge in [-0.05, 0) is 24.6 Å². The van der Waals surface area contributed by atoms with Crippen LogP contribution in [0.25, 0.3) is 5.69 Å². The second-order valence-corrected chi connectivity index (χ2v) is 4.72. The van der Waals surface area contributed by atoms with E-state index in [0.29, 0.717) is 13.1 Å². The molecule has 0 saturated carbocycles. The molecule has 0 aliphatic rings. The summed E-state index contributed by atoms with van der Waals surface area (Å²) in [6.45, 7) is 6.50. The molecule has 1 unspecified atom stereocenters. The van der Waals surface area contributed by atoms with Crippen LogP contribution in [0.2, 0.25) is 0 Å². The predicted molar refractivity (Wildman–Crippen MR) is 83.1 cm³/mol. The summed E-state index contributed by atoms with van der Waals surface area (Å²) in [5, 5.41) is 10.2. The molecule has 2 N–H and O–H groups in total. The summed E-state index contributed by atoms with van der Waals surface area (Å²) in [5.41, 5.74) is 2.10. The van der Waals surface area contributed by atoms with E-state index < -0.39 is 0 Å². The summed E-state index contributed by atoms with van der Waals surface area (Å²) in [6, 6.07) is 9.60. The van der Waals surface area contributed by atoms with Crippen molar-refractivity contribution in [2.45, 2.75) is 19.5 Å². The standard InChI is InChI=1S/C16H20N4O/c1-3-9-17-16(21)13(2)18-12-14-7-4-5-8-15(14)20-11-6-10-19-20/h3-8,10-11,13,18H,1,9,12H2,2H3,(H,17,21). The quantitative estimate of drug-likeness (QED) is 0.760. The molecule has 1 aromatic carbocycles. The van der Waals surface area contributed by atoms with Crippen molar-refractivity contribution < 1.29 is 4.79 Å². The van der Waals surface area contributed by atoms with Crippen LogP contribution >= 0.6 is 0 Å². The SMILES string of the molecule is C=CCNC(=O)C(C)NCc1ccccc1-n1cccn1. The summed E-state index contributed by atoms with van der Waals surface area (Å²) in [5.74, 6) is -0.0357. The molecule has 5 heteroatoms. The number of nitrogens with zero attached hydrogens (tertiary/aromatic N) is 2. The molecule has 0 aliphatic carbocycles. The third kappa shape index (κ3) is 4.03. The number of carbonyl (C=O) groups excluding carboxylic acids is 1. The third-order valence-electron chi connectivity index (χ3n) is 3.16. The van der Waals surface area contributed by atoms with Crippen LogP contribution < -0.4 is 10.6 Å². The van der Waals surface area contributed by atoms with Crippen LogP contribution in [0.3, 0.4) is 0 Å². The molecule has 0 spiro atoms. The Morgan fingerprint density at radius 1 is 1.43 bits per heavy atom. The van der Waals surface area contributed by atoms with Crippen molar-refractivity contribution in [2.75, 3.05) is 6.54 Å². The summed E-state index contributed by atoms with van der Waals surface area (Å²) >= 11 is 0. The van der Waals surface area contributed by atoms with E-state index in [9.17, 15) is 4.79 Å². The Morgan fingerprint density at radius 2 is 2.24 bits per heavy atom. The van der Waals surface area contributed by atoms with Gasteiger partial charge in [-0.3, -0.25) is 4.79 Å². The Balaban J connectivity index is 2.01. The van der Waals surface area contributed by atoms with Crippen LogP contribution in [0, 0.1) is 0 Å². The van der Waals surface area contributed by atoms with E-state index in [0.717, 1.165) is 11.3 Å². The summed E-state index contributed by atoms with van der Waals surface area (Å²) < 4.78 is 1.82. The minimum Gasteiger partial charge on any atom is -0.351 e. The van der Waals surface area contributed by atoms with Crippen molar-refractivity contribution in [1.82, 2.24) is 20.4 Å². The molecule has 110 valence electrons. The Hall–Kier alpha value is -2.40. The molecule has 2 aromatic rings. The zero-order chi connectivity index (χ0) is 15.1. The zero-order valence-electron chi connectivity index (χ0n) is 12.1. The maximum atomic E-state index is 11.8. The van der Waals surface area contributed by atoms with Gasteiger partial charge in [0, 0.05) is 25.5 Å². The molecule has 0 fully saturated rings. The van der Waals surface area contributed by atoms with Gasteiger partial charge >= 0.3 is 0 Å². The number of para-hydroxylation sites is 1. The number of aromatic nitrogens is 2. The van der Waals surface area contributed by atoms with Gasteiger partial charge in [0.25, 0.3) is 0 Å². The van der Waals surface area contributed by atoms with E-state index in [1.807, 2.05) is 48.1 Å². The topological polar surface area (TPSA) is 59.0 Å². The smallest absolute Gasteiger partial charge is 0.237 e. The average molecular weight is 284 g/mol. The van der Waals surface area contributed by atoms with Crippen LogP contribution in [0.1, 0.15) is 12.5 Å². The first-order chi connectivity index (χ1) is 10.2. The van der Waals surface area contributed by atoms with Crippen molar-refractivity contribution in [3.8, 4) is 5.69 Å². The lowest BCUT2D eigenvalue weighted by Crippen LogP contribution is -2.41. The molecule has 0 saturated heterocycles. The fourth-order valence-electron chi connectivity index (χ4n) is 1.98. The van der Waals surface area contributed by atoms with Gasteiger partial charge in [0.05, 0.1) is 11.7 Å². The van der Waals surface area contributed by atoms with E-state index in [1.165, 1.54) is 0 Å². The molecule has 1 heterocycles. The van der Waals surface area contributed by atoms with E-state index in [1.54, 1.807) is 12.3 Å². The highest BCUT2D eigenvalue weighted by atomic mass is 16.2. The molecule has 1 amide bonds. The lowest BCUT2D eigenvalue weighted by Gasteiger charge is -2.15. The predicted octanol–water partition coefficient (Wildman–Crippen LogP) is 1.65. The van der Waals surface area contributed by atoms with E-state index in [2.05, 4.69) is 22.3 Å². The number of nitrogens with one attached hydrogen (secondary N) is 2. The van der Waals surface area contributed by atoms with Gasteiger partial charge in [-0.2, -0.15) is 5.10 Å². The number of amides is 1. The van der Waals surface area contributed by atoms with Gasteiger partial charge in [-0.25, -0.2) is 4.68 Å². The second-order valence-electron chi connectivity index (χ2n) is 4.72. The molecule has 2 rings (SSSR count). The van der Waals surface area contributed by atoms with Crippen LogP contribution in [-0.4, -0.2) is 28.3 Å². The van der Waals surface area contributed by atoms with Crippen LogP contribution in [-0.2, 0) is 11.3 Å². The van der Waals surface area contributed by atoms with E-state index in [4.69, 9.17) is 0 Å². The first-order valence-corrected chi connectivity index (χ1v) is 6.92. The Labute approximate surface area is 124 Å². The van der Waals surface area contributed by atoms with Gasteiger partial charge in [-0.1, -0.05) is 24.3 Å². The van der Waals surface area contributed by atoms with Crippen molar-refractivity contribution >= 4 is 5.91 Å². The highest BCUT2D eigenvalue weighted by Crippen LogP contribution is 2.13. The van der Waals surface area contributed by atoms with Crippen molar-refractivity contribution in [1.29, 1.82) is 0 Å². The highest BCUT2D eigenvalue weighted by molar-refractivity contribution is 5.81. The summed E-state index contributed by atoms with van der Waals surface area (Å²) in [6.07, 6.45) is 5.31. The monoisotopic (exact) mass is 284 g/mol. The summed E-state index contributed by atoms with van der Waals surface area (Å²) in [4.78, 5) is 11.8. The van der Waals surface area contributed by atoms with Crippen LogP contribution in [0.15, 0.2) is 55.4 Å². The molecule has 5 nitrogen and oxygen atoms in total. The lowest BCUT2D eigenvalue weighted by atomic mass is 10.1. The van der Waals surface area contributed by atoms with Gasteiger partial charge in [-0.15, -0.1) is 6.58 Å². The molecule has 0 radical (unpaired) electrons. The third-order valence-corrected chi connectivity index (χ3v) is 3.16. The normalized spacial score (nSPS) is 11.9. The fourth-order valence-corrected chi connectivity index (χ4v) is 1.98. The molecular formula is C16H20N4O.